The largest absolute Gasteiger partial charge is 0.574 e. The van der Waals surface area contributed by atoms with Gasteiger partial charge in [0, 0.05) is 23.7 Å². The average Bonchev–Trinajstić information content (AvgIpc) is 2.25. The lowest BCUT2D eigenvalue weighted by Crippen LogP contribution is -2.19. The summed E-state index contributed by atoms with van der Waals surface area (Å²) in [5.41, 5.74) is 3.42. The van der Waals surface area contributed by atoms with E-state index in [-0.39, 0.29) is 11.8 Å². The standard InChI is InChI=1S/C9H7F5N2O2/c10-8(11)7-5(2-15)4(3-17)1-6(16-7)18-9(12,13)14/h1,3,8H,2,15H2. The van der Waals surface area contributed by atoms with Crippen molar-refractivity contribution in [3.63, 3.8) is 0 Å². The van der Waals surface area contributed by atoms with Crippen molar-refractivity contribution in [1.82, 2.24) is 4.98 Å². The van der Waals surface area contributed by atoms with E-state index >= 15 is 0 Å². The fourth-order valence-electron chi connectivity index (χ4n) is 1.27. The number of carbonyl (C=O) groups is 1. The van der Waals surface area contributed by atoms with Crippen molar-refractivity contribution >= 4 is 6.29 Å². The molecule has 1 aromatic heterocycles. The topological polar surface area (TPSA) is 65.2 Å². The van der Waals surface area contributed by atoms with Gasteiger partial charge in [-0.15, -0.1) is 13.2 Å². The predicted octanol–water partition coefficient (Wildman–Crippen LogP) is 2.19. The highest BCUT2D eigenvalue weighted by molar-refractivity contribution is 5.78. The summed E-state index contributed by atoms with van der Waals surface area (Å²) >= 11 is 0. The van der Waals surface area contributed by atoms with Crippen LogP contribution in [0.2, 0.25) is 0 Å². The molecule has 0 aliphatic heterocycles. The molecule has 0 atom stereocenters. The number of aromatic nitrogens is 1. The molecular formula is C9H7F5N2O2. The molecule has 0 aliphatic rings. The monoisotopic (exact) mass is 270 g/mol. The van der Waals surface area contributed by atoms with Gasteiger partial charge in [-0.25, -0.2) is 13.8 Å². The molecule has 100 valence electrons. The van der Waals surface area contributed by atoms with Crippen LogP contribution in [0.5, 0.6) is 5.88 Å². The summed E-state index contributed by atoms with van der Waals surface area (Å²) in [5.74, 6) is -1.13. The quantitative estimate of drug-likeness (QED) is 0.672. The first-order valence-corrected chi connectivity index (χ1v) is 4.51. The van der Waals surface area contributed by atoms with Crippen LogP contribution < -0.4 is 10.5 Å². The summed E-state index contributed by atoms with van der Waals surface area (Å²) in [6.45, 7) is -0.451. The van der Waals surface area contributed by atoms with Gasteiger partial charge < -0.3 is 10.5 Å². The van der Waals surface area contributed by atoms with Gasteiger partial charge in [0.25, 0.3) is 6.43 Å². The molecule has 0 aromatic carbocycles. The Bertz CT molecular complexity index is 447. The maximum atomic E-state index is 12.6. The minimum Gasteiger partial charge on any atom is -0.388 e. The number of nitrogens with two attached hydrogens (primary N) is 1. The van der Waals surface area contributed by atoms with Crippen molar-refractivity contribution < 1.29 is 31.5 Å². The molecule has 0 aliphatic carbocycles. The van der Waals surface area contributed by atoms with Gasteiger partial charge in [-0.1, -0.05) is 0 Å². The minimum atomic E-state index is -5.09. The molecule has 1 heterocycles. The number of hydrogen-bond acceptors (Lipinski definition) is 4. The Kier molecular flexibility index (Phi) is 4.17. The first kappa shape index (κ1) is 14.3. The first-order chi connectivity index (χ1) is 8.28. The Hall–Kier alpha value is -1.77. The van der Waals surface area contributed by atoms with Crippen LogP contribution in [0.1, 0.15) is 28.0 Å². The van der Waals surface area contributed by atoms with Crippen molar-refractivity contribution in [3.05, 3.63) is 22.9 Å². The lowest BCUT2D eigenvalue weighted by molar-refractivity contribution is -0.276. The molecular weight excluding hydrogens is 263 g/mol. The smallest absolute Gasteiger partial charge is 0.388 e. The Morgan fingerprint density at radius 3 is 2.44 bits per heavy atom. The molecule has 4 nitrogen and oxygen atoms in total. The third kappa shape index (κ3) is 3.36. The molecule has 0 saturated heterocycles. The van der Waals surface area contributed by atoms with Crippen LogP contribution in [0.3, 0.4) is 0 Å². The number of pyridine rings is 1. The summed E-state index contributed by atoms with van der Waals surface area (Å²) in [4.78, 5) is 13.6. The first-order valence-electron chi connectivity index (χ1n) is 4.51. The molecule has 0 unspecified atom stereocenters. The average molecular weight is 270 g/mol. The zero-order valence-corrected chi connectivity index (χ0v) is 8.67. The van der Waals surface area contributed by atoms with E-state index in [4.69, 9.17) is 5.73 Å². The number of nitrogens with zero attached hydrogens (tertiary/aromatic N) is 1. The number of rotatable bonds is 4. The Balaban J connectivity index is 3.32. The van der Waals surface area contributed by atoms with Crippen molar-refractivity contribution in [1.29, 1.82) is 0 Å². The van der Waals surface area contributed by atoms with Crippen LogP contribution in [0.25, 0.3) is 0 Å². The predicted molar refractivity (Wildman–Crippen MR) is 49.2 cm³/mol. The second-order valence-electron chi connectivity index (χ2n) is 3.08. The van der Waals surface area contributed by atoms with E-state index in [1.165, 1.54) is 0 Å². The van der Waals surface area contributed by atoms with Crippen LogP contribution in [0.15, 0.2) is 6.07 Å². The van der Waals surface area contributed by atoms with Crippen molar-refractivity contribution in [2.75, 3.05) is 0 Å². The van der Waals surface area contributed by atoms with E-state index in [9.17, 15) is 26.7 Å². The van der Waals surface area contributed by atoms with Crippen molar-refractivity contribution in [2.24, 2.45) is 5.73 Å². The fraction of sp³-hybridized carbons (Fsp3) is 0.333. The van der Waals surface area contributed by atoms with Crippen LogP contribution in [0, 0.1) is 0 Å². The van der Waals surface area contributed by atoms with Gasteiger partial charge in [0.2, 0.25) is 5.88 Å². The van der Waals surface area contributed by atoms with E-state index in [1.54, 1.807) is 0 Å². The fourth-order valence-corrected chi connectivity index (χ4v) is 1.27. The molecule has 0 saturated carbocycles. The number of halogens is 5. The van der Waals surface area contributed by atoms with E-state index in [0.717, 1.165) is 0 Å². The molecule has 0 fully saturated rings. The second kappa shape index (κ2) is 5.25. The highest BCUT2D eigenvalue weighted by Gasteiger charge is 2.33. The summed E-state index contributed by atoms with van der Waals surface area (Å²) in [6.07, 6.45) is -8.14. The van der Waals surface area contributed by atoms with Gasteiger partial charge in [-0.3, -0.25) is 4.79 Å². The maximum Gasteiger partial charge on any atom is 0.574 e. The van der Waals surface area contributed by atoms with E-state index < -0.39 is 36.5 Å². The highest BCUT2D eigenvalue weighted by atomic mass is 19.4. The molecule has 0 bridgehead atoms. The number of ether oxygens (including phenoxy) is 1. The van der Waals surface area contributed by atoms with E-state index in [2.05, 4.69) is 9.72 Å². The minimum absolute atomic E-state index is 0.110. The Morgan fingerprint density at radius 1 is 1.44 bits per heavy atom. The maximum absolute atomic E-state index is 12.6. The van der Waals surface area contributed by atoms with Crippen LogP contribution in [-0.4, -0.2) is 17.6 Å². The molecule has 9 heteroatoms. The Morgan fingerprint density at radius 2 is 2.06 bits per heavy atom. The normalized spacial score (nSPS) is 11.7. The second-order valence-corrected chi connectivity index (χ2v) is 3.08. The summed E-state index contributed by atoms with van der Waals surface area (Å²) < 4.78 is 64.3. The zero-order chi connectivity index (χ0) is 13.9. The number of aldehydes is 1. The number of carbonyl (C=O) groups excluding carboxylic acids is 1. The molecule has 0 spiro atoms. The molecule has 1 aromatic rings. The number of alkyl halides is 5. The third-order valence-corrected chi connectivity index (χ3v) is 1.93. The lowest BCUT2D eigenvalue weighted by Gasteiger charge is -2.13. The zero-order valence-electron chi connectivity index (χ0n) is 8.67. The van der Waals surface area contributed by atoms with Gasteiger partial charge in [0.05, 0.1) is 0 Å². The van der Waals surface area contributed by atoms with Crippen molar-refractivity contribution in [2.45, 2.75) is 19.3 Å². The van der Waals surface area contributed by atoms with Gasteiger partial charge in [-0.05, 0) is 0 Å². The van der Waals surface area contributed by atoms with Gasteiger partial charge in [-0.2, -0.15) is 0 Å². The summed E-state index contributed by atoms with van der Waals surface area (Å²) in [6, 6.07) is 0.606. The highest BCUT2D eigenvalue weighted by Crippen LogP contribution is 2.28. The van der Waals surface area contributed by atoms with Crippen LogP contribution in [-0.2, 0) is 6.54 Å². The molecule has 18 heavy (non-hydrogen) atoms. The van der Waals surface area contributed by atoms with Crippen molar-refractivity contribution in [3.8, 4) is 5.88 Å². The molecule has 2 N–H and O–H groups in total. The van der Waals surface area contributed by atoms with E-state index in [0.29, 0.717) is 6.07 Å². The lowest BCUT2D eigenvalue weighted by atomic mass is 10.1. The Labute approximate surface area is 97.6 Å². The molecule has 0 radical (unpaired) electrons. The molecule has 1 rings (SSSR count). The number of hydrogen-bond donors (Lipinski definition) is 1. The van der Waals surface area contributed by atoms with Gasteiger partial charge in [0.1, 0.15) is 5.69 Å². The van der Waals surface area contributed by atoms with Crippen LogP contribution >= 0.6 is 0 Å². The SMILES string of the molecule is NCc1c(C=O)cc(OC(F)(F)F)nc1C(F)F. The van der Waals surface area contributed by atoms with Crippen LogP contribution in [0.4, 0.5) is 22.0 Å². The summed E-state index contributed by atoms with van der Waals surface area (Å²) in [5, 5.41) is 0. The van der Waals surface area contributed by atoms with E-state index in [1.807, 2.05) is 0 Å². The van der Waals surface area contributed by atoms with Gasteiger partial charge in [0.15, 0.2) is 6.29 Å². The third-order valence-electron chi connectivity index (χ3n) is 1.93. The molecule has 0 amide bonds. The summed E-state index contributed by atoms with van der Waals surface area (Å²) in [7, 11) is 0. The van der Waals surface area contributed by atoms with Gasteiger partial charge >= 0.3 is 6.36 Å².